The average Bonchev–Trinajstić information content (AvgIpc) is 3.29. The molecule has 0 amide bonds. The Hall–Kier alpha value is -1.60. The van der Waals surface area contributed by atoms with Crippen LogP contribution in [0.25, 0.3) is 0 Å². The first-order valence-electron chi connectivity index (χ1n) is 11.5. The summed E-state index contributed by atoms with van der Waals surface area (Å²) in [5, 5.41) is 14.2. The van der Waals surface area contributed by atoms with Crippen molar-refractivity contribution in [3.8, 4) is 0 Å². The van der Waals surface area contributed by atoms with Crippen molar-refractivity contribution < 1.29 is 46.1 Å². The zero-order valence-electron chi connectivity index (χ0n) is 19.4. The van der Waals surface area contributed by atoms with E-state index >= 15 is 0 Å². The molecule has 3 rings (SSSR count). The molecule has 0 unspecified atom stereocenters. The van der Waals surface area contributed by atoms with Crippen molar-refractivity contribution in [2.75, 3.05) is 52.4 Å². The van der Waals surface area contributed by atoms with Crippen molar-refractivity contribution in [2.24, 2.45) is 5.92 Å². The molecule has 0 aliphatic carbocycles. The van der Waals surface area contributed by atoms with Crippen molar-refractivity contribution in [3.05, 3.63) is 0 Å². The van der Waals surface area contributed by atoms with Crippen LogP contribution in [0.3, 0.4) is 0 Å². The van der Waals surface area contributed by atoms with Crippen molar-refractivity contribution in [3.63, 3.8) is 0 Å². The number of nitrogens with zero attached hydrogens (tertiary/aromatic N) is 3. The number of carboxylic acids is 2. The molecule has 2 N–H and O–H groups in total. The van der Waals surface area contributed by atoms with Gasteiger partial charge in [0.25, 0.3) is 0 Å². The summed E-state index contributed by atoms with van der Waals surface area (Å²) in [6, 6.07) is 0.913. The first kappa shape index (κ1) is 30.4. The van der Waals surface area contributed by atoms with Gasteiger partial charge in [-0.25, -0.2) is 9.59 Å². The van der Waals surface area contributed by atoms with Gasteiger partial charge in [-0.2, -0.15) is 26.3 Å². The minimum atomic E-state index is -5.08. The number of alkyl halides is 6. The molecule has 0 bridgehead atoms. The molecule has 3 saturated heterocycles. The summed E-state index contributed by atoms with van der Waals surface area (Å²) in [5.41, 5.74) is 0. The van der Waals surface area contributed by atoms with Crippen molar-refractivity contribution in [1.29, 1.82) is 0 Å². The third-order valence-corrected chi connectivity index (χ3v) is 6.37. The molecule has 13 heteroatoms. The first-order valence-corrected chi connectivity index (χ1v) is 11.5. The maximum atomic E-state index is 10.6. The summed E-state index contributed by atoms with van der Waals surface area (Å²) in [6.45, 7) is 13.1. The highest BCUT2D eigenvalue weighted by atomic mass is 19.4. The number of carbonyl (C=O) groups is 2. The molecule has 3 heterocycles. The number of aliphatic carboxylic acids is 2. The molecule has 0 radical (unpaired) electrons. The van der Waals surface area contributed by atoms with E-state index in [0.29, 0.717) is 0 Å². The molecule has 0 aromatic carbocycles. The van der Waals surface area contributed by atoms with Gasteiger partial charge in [0.05, 0.1) is 0 Å². The third-order valence-electron chi connectivity index (χ3n) is 6.37. The highest BCUT2D eigenvalue weighted by molar-refractivity contribution is 5.73. The second-order valence-electron chi connectivity index (χ2n) is 8.76. The van der Waals surface area contributed by atoms with Crippen LogP contribution in [-0.4, -0.2) is 108 Å². The van der Waals surface area contributed by atoms with Gasteiger partial charge in [0, 0.05) is 12.6 Å². The highest BCUT2D eigenvalue weighted by Crippen LogP contribution is 2.24. The normalized spacial score (nSPS) is 21.9. The van der Waals surface area contributed by atoms with Gasteiger partial charge in [0.15, 0.2) is 0 Å². The molecule has 0 atom stereocenters. The number of carboxylic acid groups (broad SMARTS) is 2. The van der Waals surface area contributed by atoms with E-state index in [1.165, 1.54) is 90.9 Å². The van der Waals surface area contributed by atoms with Crippen LogP contribution in [0.4, 0.5) is 26.3 Å². The second-order valence-corrected chi connectivity index (χ2v) is 8.76. The smallest absolute Gasteiger partial charge is 0.475 e. The van der Waals surface area contributed by atoms with E-state index < -0.39 is 24.3 Å². The molecular weight excluding hydrogens is 472 g/mol. The zero-order valence-corrected chi connectivity index (χ0v) is 19.4. The number of rotatable bonds is 4. The molecule has 3 aliphatic rings. The third kappa shape index (κ3) is 11.7. The van der Waals surface area contributed by atoms with Crippen molar-refractivity contribution >= 4 is 11.9 Å². The zero-order chi connectivity index (χ0) is 25.9. The van der Waals surface area contributed by atoms with Gasteiger partial charge in [0.2, 0.25) is 0 Å². The molecule has 3 fully saturated rings. The molecular formula is C21H35F6N3O4. The maximum absolute atomic E-state index is 10.6. The fourth-order valence-electron chi connectivity index (χ4n) is 4.42. The summed E-state index contributed by atoms with van der Waals surface area (Å²) in [5.74, 6) is -4.54. The summed E-state index contributed by atoms with van der Waals surface area (Å²) < 4.78 is 63.5. The SMILES string of the molecule is CCN1CCC(CN2CCC(N3CCCC3)CC2)CC1.O=C(O)C(F)(F)F.O=C(O)C(F)(F)F. The van der Waals surface area contributed by atoms with E-state index in [4.69, 9.17) is 19.8 Å². The van der Waals surface area contributed by atoms with Gasteiger partial charge in [-0.1, -0.05) is 6.92 Å². The Morgan fingerprint density at radius 3 is 1.47 bits per heavy atom. The standard InChI is InChI=1S/C17H33N3.2C2HF3O2/c1-2-18-11-5-16(6-12-18)15-19-13-7-17(8-14-19)20-9-3-4-10-20;2*3-2(4,5)1(6)7/h16-17H,2-15H2,1H3;2*(H,6,7). The van der Waals surface area contributed by atoms with Gasteiger partial charge < -0.3 is 24.9 Å². The summed E-state index contributed by atoms with van der Waals surface area (Å²) in [4.78, 5) is 25.9. The largest absolute Gasteiger partial charge is 0.490 e. The second kappa shape index (κ2) is 14.1. The van der Waals surface area contributed by atoms with Crippen molar-refractivity contribution in [2.45, 2.75) is 63.8 Å². The average molecular weight is 508 g/mol. The van der Waals surface area contributed by atoms with Gasteiger partial charge >= 0.3 is 24.3 Å². The van der Waals surface area contributed by atoms with Crippen molar-refractivity contribution in [1.82, 2.24) is 14.7 Å². The number of piperidine rings is 2. The van der Waals surface area contributed by atoms with Crippen LogP contribution in [-0.2, 0) is 9.59 Å². The van der Waals surface area contributed by atoms with E-state index in [1.807, 2.05) is 0 Å². The molecule has 0 spiro atoms. The quantitative estimate of drug-likeness (QED) is 0.563. The molecule has 7 nitrogen and oxygen atoms in total. The van der Waals surface area contributed by atoms with Crippen LogP contribution >= 0.6 is 0 Å². The van der Waals surface area contributed by atoms with E-state index in [-0.39, 0.29) is 0 Å². The Kier molecular flexibility index (Phi) is 12.6. The monoisotopic (exact) mass is 507 g/mol. The predicted molar refractivity (Wildman–Crippen MR) is 112 cm³/mol. The van der Waals surface area contributed by atoms with Crippen LogP contribution in [0.1, 0.15) is 45.4 Å². The molecule has 0 aromatic heterocycles. The fraction of sp³-hybridized carbons (Fsp3) is 0.905. The fourth-order valence-corrected chi connectivity index (χ4v) is 4.42. The molecule has 0 aromatic rings. The van der Waals surface area contributed by atoms with Crippen LogP contribution in [0.15, 0.2) is 0 Å². The minimum Gasteiger partial charge on any atom is -0.475 e. The summed E-state index contributed by atoms with van der Waals surface area (Å²) >= 11 is 0. The Balaban J connectivity index is 0.000000343. The van der Waals surface area contributed by atoms with Crippen LogP contribution in [0.5, 0.6) is 0 Å². The first-order chi connectivity index (χ1) is 15.7. The van der Waals surface area contributed by atoms with E-state index in [9.17, 15) is 26.3 Å². The molecule has 0 saturated carbocycles. The van der Waals surface area contributed by atoms with E-state index in [2.05, 4.69) is 21.6 Å². The topological polar surface area (TPSA) is 84.3 Å². The number of likely N-dealkylation sites (tertiary alicyclic amines) is 3. The Bertz CT molecular complexity index is 587. The molecule has 200 valence electrons. The van der Waals surface area contributed by atoms with E-state index in [1.54, 1.807) is 0 Å². The lowest BCUT2D eigenvalue weighted by Gasteiger charge is -2.39. The van der Waals surface area contributed by atoms with Gasteiger partial charge in [0.1, 0.15) is 0 Å². The van der Waals surface area contributed by atoms with Crippen LogP contribution in [0, 0.1) is 5.92 Å². The Labute approximate surface area is 195 Å². The maximum Gasteiger partial charge on any atom is 0.490 e. The van der Waals surface area contributed by atoms with E-state index in [0.717, 1.165) is 12.0 Å². The lowest BCUT2D eigenvalue weighted by atomic mass is 9.94. The number of halogens is 6. The van der Waals surface area contributed by atoms with Gasteiger partial charge in [-0.15, -0.1) is 0 Å². The lowest BCUT2D eigenvalue weighted by molar-refractivity contribution is -0.193. The summed E-state index contributed by atoms with van der Waals surface area (Å²) in [7, 11) is 0. The van der Waals surface area contributed by atoms with Gasteiger partial charge in [-0.05, 0) is 90.3 Å². The molecule has 3 aliphatic heterocycles. The Morgan fingerprint density at radius 2 is 1.12 bits per heavy atom. The number of hydrogen-bond donors (Lipinski definition) is 2. The summed E-state index contributed by atoms with van der Waals surface area (Å²) in [6.07, 6.45) is -1.58. The lowest BCUT2D eigenvalue weighted by Crippen LogP contribution is -2.46. The minimum absolute atomic E-state index is 0.913. The Morgan fingerprint density at radius 1 is 0.735 bits per heavy atom. The highest BCUT2D eigenvalue weighted by Gasteiger charge is 2.39. The van der Waals surface area contributed by atoms with Gasteiger partial charge in [-0.3, -0.25) is 0 Å². The van der Waals surface area contributed by atoms with Crippen LogP contribution < -0.4 is 0 Å². The molecule has 34 heavy (non-hydrogen) atoms. The number of hydrogen-bond acceptors (Lipinski definition) is 5. The van der Waals surface area contributed by atoms with Crippen LogP contribution in [0.2, 0.25) is 0 Å². The predicted octanol–water partition coefficient (Wildman–Crippen LogP) is 3.55.